The van der Waals surface area contributed by atoms with E-state index in [2.05, 4.69) is 10.6 Å². The van der Waals surface area contributed by atoms with Crippen molar-refractivity contribution in [1.82, 2.24) is 10.6 Å². The van der Waals surface area contributed by atoms with Crippen LogP contribution in [0, 0.1) is 11.6 Å². The highest BCUT2D eigenvalue weighted by Gasteiger charge is 2.15. The number of ether oxygens (including phenoxy) is 1. The van der Waals surface area contributed by atoms with Crippen LogP contribution in [0.4, 0.5) is 13.6 Å². The van der Waals surface area contributed by atoms with Crippen molar-refractivity contribution >= 4 is 6.09 Å². The molecule has 124 valence electrons. The number of nitrogens with one attached hydrogen (secondary N) is 2. The smallest absolute Gasteiger partial charge is 0.407 e. The maximum Gasteiger partial charge on any atom is 0.407 e. The molecule has 0 radical (unpaired) electrons. The Labute approximate surface area is 130 Å². The Morgan fingerprint density at radius 2 is 1.77 bits per heavy atom. The van der Waals surface area contributed by atoms with Crippen molar-refractivity contribution in [3.05, 3.63) is 35.4 Å². The molecule has 0 aromatic heterocycles. The molecule has 0 saturated carbocycles. The van der Waals surface area contributed by atoms with Gasteiger partial charge in [0.05, 0.1) is 0 Å². The molecule has 4 nitrogen and oxygen atoms in total. The van der Waals surface area contributed by atoms with E-state index in [4.69, 9.17) is 4.74 Å². The molecule has 0 aliphatic rings. The second-order valence-corrected chi connectivity index (χ2v) is 6.16. The molecule has 0 saturated heterocycles. The Balaban J connectivity index is 2.25. The summed E-state index contributed by atoms with van der Waals surface area (Å²) in [6.45, 7) is 8.30. The van der Waals surface area contributed by atoms with Crippen LogP contribution in [0.1, 0.15) is 45.7 Å². The largest absolute Gasteiger partial charge is 0.444 e. The van der Waals surface area contributed by atoms with Gasteiger partial charge < -0.3 is 15.4 Å². The lowest BCUT2D eigenvalue weighted by atomic mass is 10.1. The second kappa shape index (κ2) is 8.08. The highest BCUT2D eigenvalue weighted by atomic mass is 19.1. The Morgan fingerprint density at radius 3 is 2.32 bits per heavy atom. The molecular weight excluding hydrogens is 290 g/mol. The first-order valence-electron chi connectivity index (χ1n) is 7.33. The van der Waals surface area contributed by atoms with E-state index >= 15 is 0 Å². The minimum absolute atomic E-state index is 0.174. The summed E-state index contributed by atoms with van der Waals surface area (Å²) in [5.41, 5.74) is 0.0378. The van der Waals surface area contributed by atoms with E-state index in [-0.39, 0.29) is 6.04 Å². The molecule has 0 aliphatic carbocycles. The van der Waals surface area contributed by atoms with Gasteiger partial charge >= 0.3 is 6.09 Å². The van der Waals surface area contributed by atoms with E-state index in [0.29, 0.717) is 25.1 Å². The van der Waals surface area contributed by atoms with Crippen LogP contribution in [0.2, 0.25) is 0 Å². The number of amides is 1. The normalized spacial score (nSPS) is 12.8. The molecule has 1 rings (SSSR count). The molecule has 0 heterocycles. The van der Waals surface area contributed by atoms with Crippen LogP contribution in [0.15, 0.2) is 18.2 Å². The third kappa shape index (κ3) is 7.36. The summed E-state index contributed by atoms with van der Waals surface area (Å²) in [6.07, 6.45) is 0.231. The number of carbonyl (C=O) groups excluding carboxylic acids is 1. The van der Waals surface area contributed by atoms with Gasteiger partial charge in [0.15, 0.2) is 0 Å². The minimum atomic E-state index is -0.588. The van der Waals surface area contributed by atoms with E-state index in [0.717, 1.165) is 6.07 Å². The number of halogens is 2. The minimum Gasteiger partial charge on any atom is -0.444 e. The van der Waals surface area contributed by atoms with E-state index < -0.39 is 23.3 Å². The van der Waals surface area contributed by atoms with Gasteiger partial charge in [-0.25, -0.2) is 13.6 Å². The average molecular weight is 314 g/mol. The molecule has 0 spiro atoms. The van der Waals surface area contributed by atoms with Crippen molar-refractivity contribution in [2.45, 2.75) is 45.8 Å². The Bertz CT molecular complexity index is 481. The van der Waals surface area contributed by atoms with Gasteiger partial charge in [-0.05, 0) is 58.4 Å². The third-order valence-corrected chi connectivity index (χ3v) is 2.86. The molecule has 1 unspecified atom stereocenters. The fourth-order valence-corrected chi connectivity index (χ4v) is 1.85. The number of benzene rings is 1. The summed E-state index contributed by atoms with van der Waals surface area (Å²) in [4.78, 5) is 11.4. The summed E-state index contributed by atoms with van der Waals surface area (Å²) < 4.78 is 31.4. The van der Waals surface area contributed by atoms with E-state index in [9.17, 15) is 13.6 Å². The summed E-state index contributed by atoms with van der Waals surface area (Å²) >= 11 is 0. The van der Waals surface area contributed by atoms with Gasteiger partial charge in [0, 0.05) is 18.7 Å². The standard InChI is InChI=1S/C16H24F2N2O2/c1-11(12-8-13(17)10-14(18)9-12)19-6-5-7-20-15(21)22-16(2,3)4/h8-11,19H,5-7H2,1-4H3,(H,20,21). The topological polar surface area (TPSA) is 50.4 Å². The molecular formula is C16H24F2N2O2. The Kier molecular flexibility index (Phi) is 6.74. The summed E-state index contributed by atoms with van der Waals surface area (Å²) in [7, 11) is 0. The van der Waals surface area contributed by atoms with Gasteiger partial charge in [0.2, 0.25) is 0 Å². The molecule has 0 bridgehead atoms. The second-order valence-electron chi connectivity index (χ2n) is 6.16. The van der Waals surface area contributed by atoms with Gasteiger partial charge in [0.1, 0.15) is 17.2 Å². The van der Waals surface area contributed by atoms with Crippen LogP contribution in [0.5, 0.6) is 0 Å². The number of hydrogen-bond donors (Lipinski definition) is 2. The molecule has 1 amide bonds. The van der Waals surface area contributed by atoms with E-state index in [1.165, 1.54) is 12.1 Å². The molecule has 1 aromatic rings. The number of hydrogen-bond acceptors (Lipinski definition) is 3. The quantitative estimate of drug-likeness (QED) is 0.790. The van der Waals surface area contributed by atoms with Crippen LogP contribution < -0.4 is 10.6 Å². The Morgan fingerprint density at radius 1 is 1.18 bits per heavy atom. The summed E-state index contributed by atoms with van der Waals surface area (Å²) in [5.74, 6) is -1.18. The van der Waals surface area contributed by atoms with Crippen LogP contribution >= 0.6 is 0 Å². The molecule has 6 heteroatoms. The Hall–Kier alpha value is -1.69. The predicted octanol–water partition coefficient (Wildman–Crippen LogP) is 3.53. The molecule has 22 heavy (non-hydrogen) atoms. The zero-order valence-electron chi connectivity index (χ0n) is 13.5. The number of carbonyl (C=O) groups is 1. The van der Waals surface area contributed by atoms with Gasteiger partial charge in [-0.1, -0.05) is 0 Å². The molecule has 0 fully saturated rings. The average Bonchev–Trinajstić information content (AvgIpc) is 2.34. The highest BCUT2D eigenvalue weighted by Crippen LogP contribution is 2.15. The van der Waals surface area contributed by atoms with Crippen molar-refractivity contribution in [2.75, 3.05) is 13.1 Å². The summed E-state index contributed by atoms with van der Waals surface area (Å²) in [6, 6.07) is 3.28. The van der Waals surface area contributed by atoms with Crippen molar-refractivity contribution in [2.24, 2.45) is 0 Å². The van der Waals surface area contributed by atoms with Crippen molar-refractivity contribution in [3.63, 3.8) is 0 Å². The lowest BCUT2D eigenvalue weighted by molar-refractivity contribution is 0.0527. The van der Waals surface area contributed by atoms with Crippen molar-refractivity contribution < 1.29 is 18.3 Å². The number of rotatable bonds is 6. The highest BCUT2D eigenvalue weighted by molar-refractivity contribution is 5.67. The molecule has 1 atom stereocenters. The first-order chi connectivity index (χ1) is 10.2. The molecule has 2 N–H and O–H groups in total. The monoisotopic (exact) mass is 314 g/mol. The zero-order valence-corrected chi connectivity index (χ0v) is 13.5. The third-order valence-electron chi connectivity index (χ3n) is 2.86. The number of alkyl carbamates (subject to hydrolysis) is 1. The van der Waals surface area contributed by atoms with Crippen molar-refractivity contribution in [1.29, 1.82) is 0 Å². The first kappa shape index (κ1) is 18.4. The summed E-state index contributed by atoms with van der Waals surface area (Å²) in [5, 5.41) is 5.80. The lowest BCUT2D eigenvalue weighted by Crippen LogP contribution is -2.34. The fraction of sp³-hybridized carbons (Fsp3) is 0.562. The molecule has 0 aliphatic heterocycles. The zero-order chi connectivity index (χ0) is 16.8. The van der Waals surface area contributed by atoms with Gasteiger partial charge in [-0.2, -0.15) is 0 Å². The van der Waals surface area contributed by atoms with Gasteiger partial charge in [-0.15, -0.1) is 0 Å². The maximum absolute atomic E-state index is 13.1. The van der Waals surface area contributed by atoms with Crippen LogP contribution in [0.3, 0.4) is 0 Å². The molecule has 1 aromatic carbocycles. The van der Waals surface area contributed by atoms with Crippen LogP contribution in [0.25, 0.3) is 0 Å². The van der Waals surface area contributed by atoms with Crippen LogP contribution in [-0.2, 0) is 4.74 Å². The van der Waals surface area contributed by atoms with E-state index in [1.807, 2.05) is 6.92 Å². The first-order valence-corrected chi connectivity index (χ1v) is 7.33. The predicted molar refractivity (Wildman–Crippen MR) is 81.6 cm³/mol. The van der Waals surface area contributed by atoms with Gasteiger partial charge in [0.25, 0.3) is 0 Å². The maximum atomic E-state index is 13.1. The lowest BCUT2D eigenvalue weighted by Gasteiger charge is -2.20. The van der Waals surface area contributed by atoms with Crippen LogP contribution in [-0.4, -0.2) is 24.8 Å². The van der Waals surface area contributed by atoms with Gasteiger partial charge in [-0.3, -0.25) is 0 Å². The fourth-order valence-electron chi connectivity index (χ4n) is 1.85. The van der Waals surface area contributed by atoms with Crippen molar-refractivity contribution in [3.8, 4) is 0 Å². The van der Waals surface area contributed by atoms with E-state index in [1.54, 1.807) is 20.8 Å². The SMILES string of the molecule is CC(NCCCNC(=O)OC(C)(C)C)c1cc(F)cc(F)c1.